The van der Waals surface area contributed by atoms with E-state index in [1.807, 2.05) is 45.0 Å². The van der Waals surface area contributed by atoms with Gasteiger partial charge in [-0.3, -0.25) is 4.79 Å². The molecule has 0 saturated carbocycles. The van der Waals surface area contributed by atoms with Crippen molar-refractivity contribution in [3.05, 3.63) is 70.5 Å². The van der Waals surface area contributed by atoms with E-state index < -0.39 is 5.82 Å². The highest BCUT2D eigenvalue weighted by atomic mass is 19.1. The molecule has 0 N–H and O–H groups in total. The highest BCUT2D eigenvalue weighted by Gasteiger charge is 2.18. The minimum absolute atomic E-state index is 0.143. The van der Waals surface area contributed by atoms with Crippen molar-refractivity contribution >= 4 is 5.91 Å². The molecule has 0 fully saturated rings. The Morgan fingerprint density at radius 2 is 1.81 bits per heavy atom. The van der Waals surface area contributed by atoms with Gasteiger partial charge in [-0.05, 0) is 38.5 Å². The van der Waals surface area contributed by atoms with Gasteiger partial charge in [-0.25, -0.2) is 4.39 Å². The lowest BCUT2D eigenvalue weighted by Gasteiger charge is -2.21. The maximum Gasteiger partial charge on any atom is 0.257 e. The lowest BCUT2D eigenvalue weighted by Crippen LogP contribution is -2.31. The van der Waals surface area contributed by atoms with E-state index in [1.54, 1.807) is 17.0 Å². The number of hydrogen-bond acceptors (Lipinski definition) is 1. The third-order valence-electron chi connectivity index (χ3n) is 3.48. The molecule has 2 rings (SSSR count). The molecule has 0 aliphatic heterocycles. The molecule has 0 aliphatic rings. The molecule has 2 nitrogen and oxygen atoms in total. The highest BCUT2D eigenvalue weighted by Crippen LogP contribution is 2.15. The predicted octanol–water partition coefficient (Wildman–Crippen LogP) is 4.10. The Kier molecular flexibility index (Phi) is 4.73. The summed E-state index contributed by atoms with van der Waals surface area (Å²) in [5, 5.41) is 0. The summed E-state index contributed by atoms with van der Waals surface area (Å²) in [6.07, 6.45) is 0. The average Bonchev–Trinajstić information content (AvgIpc) is 2.46. The van der Waals surface area contributed by atoms with Gasteiger partial charge in [-0.2, -0.15) is 0 Å². The van der Waals surface area contributed by atoms with Gasteiger partial charge in [0.1, 0.15) is 5.82 Å². The van der Waals surface area contributed by atoms with Crippen LogP contribution in [0.1, 0.15) is 34.0 Å². The number of aryl methyl sites for hydroxylation is 2. The number of rotatable bonds is 4. The molecule has 0 unspecified atom stereocenters. The Labute approximate surface area is 125 Å². The zero-order valence-electron chi connectivity index (χ0n) is 12.7. The minimum atomic E-state index is -0.465. The van der Waals surface area contributed by atoms with Gasteiger partial charge in [0.15, 0.2) is 0 Å². The van der Waals surface area contributed by atoms with E-state index in [1.165, 1.54) is 6.07 Å². The molecule has 2 aromatic carbocycles. The molecule has 0 saturated heterocycles. The Morgan fingerprint density at radius 3 is 2.48 bits per heavy atom. The first-order valence-electron chi connectivity index (χ1n) is 7.12. The van der Waals surface area contributed by atoms with E-state index in [-0.39, 0.29) is 11.5 Å². The van der Waals surface area contributed by atoms with Gasteiger partial charge in [0.05, 0.1) is 5.56 Å². The van der Waals surface area contributed by atoms with Crippen molar-refractivity contribution < 1.29 is 9.18 Å². The van der Waals surface area contributed by atoms with Crippen LogP contribution < -0.4 is 0 Å². The fourth-order valence-corrected chi connectivity index (χ4v) is 2.33. The lowest BCUT2D eigenvalue weighted by molar-refractivity contribution is 0.0747. The van der Waals surface area contributed by atoms with Crippen LogP contribution in [0.2, 0.25) is 0 Å². The van der Waals surface area contributed by atoms with Gasteiger partial charge in [0, 0.05) is 13.1 Å². The molecule has 0 atom stereocenters. The van der Waals surface area contributed by atoms with Crippen LogP contribution in [0.4, 0.5) is 4.39 Å². The maximum atomic E-state index is 13.9. The van der Waals surface area contributed by atoms with Crippen LogP contribution in [0.5, 0.6) is 0 Å². The van der Waals surface area contributed by atoms with Gasteiger partial charge >= 0.3 is 0 Å². The summed E-state index contributed by atoms with van der Waals surface area (Å²) in [6, 6.07) is 12.6. The predicted molar refractivity (Wildman–Crippen MR) is 82.7 cm³/mol. The molecule has 0 radical (unpaired) electrons. The number of hydrogen-bond donors (Lipinski definition) is 0. The van der Waals surface area contributed by atoms with Crippen LogP contribution in [-0.4, -0.2) is 17.4 Å². The Hall–Kier alpha value is -2.16. The molecular formula is C18H20FNO. The van der Waals surface area contributed by atoms with Crippen LogP contribution in [0.25, 0.3) is 0 Å². The summed E-state index contributed by atoms with van der Waals surface area (Å²) in [5.41, 5.74) is 3.23. The van der Waals surface area contributed by atoms with Crippen molar-refractivity contribution in [2.45, 2.75) is 27.3 Å². The van der Waals surface area contributed by atoms with Gasteiger partial charge in [-0.1, -0.05) is 41.5 Å². The highest BCUT2D eigenvalue weighted by molar-refractivity contribution is 5.94. The van der Waals surface area contributed by atoms with Gasteiger partial charge in [-0.15, -0.1) is 0 Å². The van der Waals surface area contributed by atoms with E-state index in [4.69, 9.17) is 0 Å². The number of nitrogens with zero attached hydrogens (tertiary/aromatic N) is 1. The molecule has 3 heteroatoms. The number of carbonyl (C=O) groups is 1. The summed E-state index contributed by atoms with van der Waals surface area (Å²) in [5.74, 6) is -0.728. The second kappa shape index (κ2) is 6.53. The smallest absolute Gasteiger partial charge is 0.257 e. The number of benzene rings is 2. The van der Waals surface area contributed by atoms with Crippen molar-refractivity contribution in [3.63, 3.8) is 0 Å². The fraction of sp³-hybridized carbons (Fsp3) is 0.278. The van der Waals surface area contributed by atoms with Gasteiger partial charge in [0.25, 0.3) is 5.91 Å². The molecule has 0 heterocycles. The van der Waals surface area contributed by atoms with E-state index in [2.05, 4.69) is 0 Å². The number of carbonyl (C=O) groups excluding carboxylic acids is 1. The summed E-state index contributed by atoms with van der Waals surface area (Å²) in [6.45, 7) is 6.81. The van der Waals surface area contributed by atoms with Crippen molar-refractivity contribution in [1.82, 2.24) is 4.90 Å². The third-order valence-corrected chi connectivity index (χ3v) is 3.48. The van der Waals surface area contributed by atoms with Crippen LogP contribution in [0, 0.1) is 19.7 Å². The summed E-state index contributed by atoms with van der Waals surface area (Å²) >= 11 is 0. The number of amides is 1. The van der Waals surface area contributed by atoms with E-state index >= 15 is 0 Å². The average molecular weight is 285 g/mol. The Morgan fingerprint density at radius 1 is 1.10 bits per heavy atom. The first-order valence-corrected chi connectivity index (χ1v) is 7.12. The van der Waals surface area contributed by atoms with Crippen molar-refractivity contribution in [3.8, 4) is 0 Å². The van der Waals surface area contributed by atoms with Gasteiger partial charge < -0.3 is 4.90 Å². The zero-order valence-corrected chi connectivity index (χ0v) is 12.7. The van der Waals surface area contributed by atoms with Crippen LogP contribution in [0.3, 0.4) is 0 Å². The molecule has 0 spiro atoms. The molecule has 0 bridgehead atoms. The zero-order chi connectivity index (χ0) is 15.4. The molecule has 2 aromatic rings. The maximum absolute atomic E-state index is 13.9. The standard InChI is InChI=1S/C18H20FNO/c1-4-20(12-15-7-5-6-13(2)10-15)18(21)16-11-14(3)8-9-17(16)19/h5-11H,4,12H2,1-3H3. The van der Waals surface area contributed by atoms with Crippen LogP contribution >= 0.6 is 0 Å². The largest absolute Gasteiger partial charge is 0.335 e. The Balaban J connectivity index is 2.24. The van der Waals surface area contributed by atoms with E-state index in [9.17, 15) is 9.18 Å². The summed E-state index contributed by atoms with van der Waals surface area (Å²) in [4.78, 5) is 14.2. The molecule has 1 amide bonds. The first-order chi connectivity index (χ1) is 10.0. The molecule has 110 valence electrons. The second-order valence-corrected chi connectivity index (χ2v) is 5.29. The quantitative estimate of drug-likeness (QED) is 0.828. The van der Waals surface area contributed by atoms with Crippen LogP contribution in [0.15, 0.2) is 42.5 Å². The molecular weight excluding hydrogens is 265 g/mol. The monoisotopic (exact) mass is 285 g/mol. The van der Waals surface area contributed by atoms with Gasteiger partial charge in [0.2, 0.25) is 0 Å². The summed E-state index contributed by atoms with van der Waals surface area (Å²) < 4.78 is 13.9. The molecule has 21 heavy (non-hydrogen) atoms. The topological polar surface area (TPSA) is 20.3 Å². The van der Waals surface area contributed by atoms with Crippen LogP contribution in [-0.2, 0) is 6.54 Å². The molecule has 0 aliphatic carbocycles. The Bertz CT molecular complexity index is 651. The van der Waals surface area contributed by atoms with Crippen molar-refractivity contribution in [1.29, 1.82) is 0 Å². The van der Waals surface area contributed by atoms with Crippen molar-refractivity contribution in [2.75, 3.05) is 6.54 Å². The molecule has 0 aromatic heterocycles. The van der Waals surface area contributed by atoms with E-state index in [0.717, 1.165) is 16.7 Å². The SMILES string of the molecule is CCN(Cc1cccc(C)c1)C(=O)c1cc(C)ccc1F. The number of halogens is 1. The van der Waals surface area contributed by atoms with E-state index in [0.29, 0.717) is 13.1 Å². The van der Waals surface area contributed by atoms with Crippen molar-refractivity contribution in [2.24, 2.45) is 0 Å². The third kappa shape index (κ3) is 3.69. The summed E-state index contributed by atoms with van der Waals surface area (Å²) in [7, 11) is 0. The fourth-order valence-electron chi connectivity index (χ4n) is 2.33. The lowest BCUT2D eigenvalue weighted by atomic mass is 10.1. The first kappa shape index (κ1) is 15.2. The normalized spacial score (nSPS) is 10.5. The second-order valence-electron chi connectivity index (χ2n) is 5.29. The minimum Gasteiger partial charge on any atom is -0.335 e.